The van der Waals surface area contributed by atoms with Crippen molar-refractivity contribution in [3.8, 4) is 5.75 Å². The molecule has 0 spiro atoms. The molecule has 0 saturated heterocycles. The molecule has 2 aromatic carbocycles. The number of carbonyl (C=O) groups excluding carboxylic acids is 3. The number of rotatable bonds is 10. The van der Waals surface area contributed by atoms with Crippen LogP contribution in [0.2, 0.25) is 0 Å². The second-order valence-electron chi connectivity index (χ2n) is 8.33. The maximum Gasteiger partial charge on any atom is 0.337 e. The van der Waals surface area contributed by atoms with Gasteiger partial charge < -0.3 is 20.1 Å². The highest BCUT2D eigenvalue weighted by molar-refractivity contribution is 6.04. The van der Waals surface area contributed by atoms with E-state index in [4.69, 9.17) is 9.47 Å². The molecule has 3 rings (SSSR count). The molecule has 0 aromatic heterocycles. The average molecular weight is 480 g/mol. The molecule has 1 aliphatic rings. The van der Waals surface area contributed by atoms with Crippen LogP contribution in [0.5, 0.6) is 5.75 Å². The fraction of sp³-hybridized carbons (Fsp3) is 0.370. The summed E-state index contributed by atoms with van der Waals surface area (Å²) in [5.41, 5.74) is 2.78. The van der Waals surface area contributed by atoms with Crippen molar-refractivity contribution in [2.75, 3.05) is 25.6 Å². The number of hydrogen-bond acceptors (Lipinski definition) is 5. The summed E-state index contributed by atoms with van der Waals surface area (Å²) in [4.78, 5) is 39.4. The van der Waals surface area contributed by atoms with Crippen molar-refractivity contribution in [3.05, 3.63) is 70.9 Å². The number of anilines is 1. The van der Waals surface area contributed by atoms with Gasteiger partial charge in [-0.15, -0.1) is 0 Å². The Kier molecular flexibility index (Phi) is 8.89. The molecule has 8 heteroatoms. The van der Waals surface area contributed by atoms with E-state index < -0.39 is 12.0 Å². The number of allylic oxidation sites excluding steroid dienone is 1. The zero-order chi connectivity index (χ0) is 25.4. The summed E-state index contributed by atoms with van der Waals surface area (Å²) in [6.07, 6.45) is 2.80. The first-order chi connectivity index (χ1) is 16.9. The largest absolute Gasteiger partial charge is 0.494 e. The quantitative estimate of drug-likeness (QED) is 0.368. The van der Waals surface area contributed by atoms with Crippen LogP contribution in [0.3, 0.4) is 0 Å². The van der Waals surface area contributed by atoms with Gasteiger partial charge in [-0.2, -0.15) is 0 Å². The molecule has 1 unspecified atom stereocenters. The molecule has 2 N–H and O–H groups in total. The number of unbranched alkanes of at least 4 members (excludes halogenated alkanes) is 1. The minimum absolute atomic E-state index is 0.245. The van der Waals surface area contributed by atoms with Crippen LogP contribution < -0.4 is 15.4 Å². The van der Waals surface area contributed by atoms with Crippen molar-refractivity contribution >= 4 is 23.6 Å². The molecule has 0 bridgehead atoms. The lowest BCUT2D eigenvalue weighted by Gasteiger charge is -2.35. The molecule has 186 valence electrons. The number of amides is 3. The van der Waals surface area contributed by atoms with Gasteiger partial charge in [-0.1, -0.05) is 32.4 Å². The number of ether oxygens (including phenoxy) is 2. The van der Waals surface area contributed by atoms with E-state index in [2.05, 4.69) is 17.6 Å². The summed E-state index contributed by atoms with van der Waals surface area (Å²) < 4.78 is 10.6. The Morgan fingerprint density at radius 1 is 1.03 bits per heavy atom. The summed E-state index contributed by atoms with van der Waals surface area (Å²) in [5.74, 6) is -0.00531. The number of methoxy groups -OCH3 is 1. The topological polar surface area (TPSA) is 97.0 Å². The monoisotopic (exact) mass is 479 g/mol. The second kappa shape index (κ2) is 12.1. The first-order valence-corrected chi connectivity index (χ1v) is 11.9. The third-order valence-corrected chi connectivity index (χ3v) is 5.83. The predicted molar refractivity (Wildman–Crippen MR) is 134 cm³/mol. The summed E-state index contributed by atoms with van der Waals surface area (Å²) >= 11 is 0. The lowest BCUT2D eigenvalue weighted by Crippen LogP contribution is -2.48. The van der Waals surface area contributed by atoms with Crippen LogP contribution in [0, 0.1) is 0 Å². The van der Waals surface area contributed by atoms with Gasteiger partial charge in [0.25, 0.3) is 5.91 Å². The van der Waals surface area contributed by atoms with E-state index in [1.807, 2.05) is 6.92 Å². The fourth-order valence-corrected chi connectivity index (χ4v) is 3.90. The van der Waals surface area contributed by atoms with E-state index in [1.165, 1.54) is 7.11 Å². The maximum absolute atomic E-state index is 12.7. The third kappa shape index (κ3) is 6.20. The van der Waals surface area contributed by atoms with Crippen LogP contribution in [-0.2, 0) is 9.53 Å². The molecule has 2 aromatic rings. The minimum atomic E-state index is -0.645. The van der Waals surface area contributed by atoms with Crippen molar-refractivity contribution in [2.24, 2.45) is 0 Å². The van der Waals surface area contributed by atoms with Crippen molar-refractivity contribution in [2.45, 2.75) is 46.1 Å². The molecule has 0 aliphatic carbocycles. The summed E-state index contributed by atoms with van der Waals surface area (Å²) in [6, 6.07) is 13.1. The molecule has 1 atom stereocenters. The van der Waals surface area contributed by atoms with E-state index in [9.17, 15) is 14.4 Å². The molecule has 0 saturated carbocycles. The van der Waals surface area contributed by atoms with Gasteiger partial charge in [-0.3, -0.25) is 9.69 Å². The molecule has 3 amide bonds. The fourth-order valence-electron chi connectivity index (χ4n) is 3.90. The maximum atomic E-state index is 12.7. The smallest absolute Gasteiger partial charge is 0.337 e. The Balaban J connectivity index is 1.73. The molecular formula is C27H33N3O5. The van der Waals surface area contributed by atoms with Gasteiger partial charge in [0.2, 0.25) is 0 Å². The first-order valence-electron chi connectivity index (χ1n) is 11.9. The zero-order valence-electron chi connectivity index (χ0n) is 20.7. The Labute approximate surface area is 206 Å². The summed E-state index contributed by atoms with van der Waals surface area (Å²) in [5, 5.41) is 5.77. The molecule has 1 heterocycles. The lowest BCUT2D eigenvalue weighted by molar-refractivity contribution is -0.136. The van der Waals surface area contributed by atoms with Crippen LogP contribution in [0.25, 0.3) is 0 Å². The Morgan fingerprint density at radius 3 is 2.31 bits per heavy atom. The highest BCUT2D eigenvalue weighted by Crippen LogP contribution is 2.32. The van der Waals surface area contributed by atoms with E-state index in [0.717, 1.165) is 25.0 Å². The summed E-state index contributed by atoms with van der Waals surface area (Å²) in [6.45, 7) is 6.97. The van der Waals surface area contributed by atoms with Gasteiger partial charge in [0.15, 0.2) is 0 Å². The van der Waals surface area contributed by atoms with Crippen LogP contribution in [0.15, 0.2) is 59.8 Å². The average Bonchev–Trinajstić information content (AvgIpc) is 2.87. The van der Waals surface area contributed by atoms with Gasteiger partial charge in [0, 0.05) is 23.5 Å². The van der Waals surface area contributed by atoms with Crippen LogP contribution in [-0.4, -0.2) is 43.1 Å². The minimum Gasteiger partial charge on any atom is -0.494 e. The van der Waals surface area contributed by atoms with Gasteiger partial charge in [0.05, 0.1) is 25.3 Å². The Hall–Kier alpha value is -3.81. The Morgan fingerprint density at radius 2 is 1.71 bits per heavy atom. The van der Waals surface area contributed by atoms with Crippen molar-refractivity contribution in [1.82, 2.24) is 10.2 Å². The first kappa shape index (κ1) is 25.8. The number of hydrogen-bond donors (Lipinski definition) is 2. The number of urea groups is 1. The van der Waals surface area contributed by atoms with Gasteiger partial charge in [-0.05, 0) is 61.7 Å². The van der Waals surface area contributed by atoms with E-state index in [-0.39, 0.29) is 11.9 Å². The molecule has 0 radical (unpaired) electrons. The number of nitrogens with one attached hydrogen (secondary N) is 2. The predicted octanol–water partition coefficient (Wildman–Crippen LogP) is 5.04. The normalized spacial score (nSPS) is 15.5. The zero-order valence-corrected chi connectivity index (χ0v) is 20.7. The van der Waals surface area contributed by atoms with Gasteiger partial charge in [-0.25, -0.2) is 9.59 Å². The standard InChI is InChI=1S/C27H33N3O5/c1-5-7-17-35-22-14-10-20(11-15-22)25(31)28-21-12-8-19(9-13-21)24-23(26(32)34-4)18(3)30(16-6-2)27(33)29-24/h8-15,24H,5-7,16-17H2,1-4H3,(H,28,31)(H,29,33). The molecular weight excluding hydrogens is 446 g/mol. The molecule has 0 fully saturated rings. The summed E-state index contributed by atoms with van der Waals surface area (Å²) in [7, 11) is 1.32. The van der Waals surface area contributed by atoms with Crippen LogP contribution in [0.1, 0.15) is 62.0 Å². The second-order valence-corrected chi connectivity index (χ2v) is 8.33. The van der Waals surface area contributed by atoms with Crippen molar-refractivity contribution in [3.63, 3.8) is 0 Å². The molecule has 8 nitrogen and oxygen atoms in total. The van der Waals surface area contributed by atoms with E-state index >= 15 is 0 Å². The number of carbonyl (C=O) groups is 3. The van der Waals surface area contributed by atoms with Crippen molar-refractivity contribution < 1.29 is 23.9 Å². The number of nitrogens with zero attached hydrogens (tertiary/aromatic N) is 1. The van der Waals surface area contributed by atoms with Crippen molar-refractivity contribution in [1.29, 1.82) is 0 Å². The number of benzene rings is 2. The Bertz CT molecular complexity index is 1080. The van der Waals surface area contributed by atoms with Gasteiger partial charge >= 0.3 is 12.0 Å². The van der Waals surface area contributed by atoms with Crippen LogP contribution >= 0.6 is 0 Å². The highest BCUT2D eigenvalue weighted by atomic mass is 16.5. The SMILES string of the molecule is CCCCOc1ccc(C(=O)Nc2ccc(C3NC(=O)N(CCC)C(C)=C3C(=O)OC)cc2)cc1. The third-order valence-electron chi connectivity index (χ3n) is 5.83. The number of esters is 1. The van der Waals surface area contributed by atoms with E-state index in [0.29, 0.717) is 41.2 Å². The lowest BCUT2D eigenvalue weighted by atomic mass is 9.94. The van der Waals surface area contributed by atoms with Crippen LogP contribution in [0.4, 0.5) is 10.5 Å². The molecule has 35 heavy (non-hydrogen) atoms. The highest BCUT2D eigenvalue weighted by Gasteiger charge is 2.35. The molecule has 1 aliphatic heterocycles. The van der Waals surface area contributed by atoms with Gasteiger partial charge in [0.1, 0.15) is 5.75 Å². The van der Waals surface area contributed by atoms with E-state index in [1.54, 1.807) is 60.4 Å².